The highest BCUT2D eigenvalue weighted by molar-refractivity contribution is 7.94. The lowest BCUT2D eigenvalue weighted by atomic mass is 10.0. The van der Waals surface area contributed by atoms with E-state index in [9.17, 15) is 3.89 Å². The van der Waals surface area contributed by atoms with Gasteiger partial charge in [0.25, 0.3) is 0 Å². The van der Waals surface area contributed by atoms with Crippen molar-refractivity contribution in [3.05, 3.63) is 0 Å². The predicted molar refractivity (Wildman–Crippen MR) is 35.6 cm³/mol. The molecule has 0 bridgehead atoms. The second-order valence-corrected chi connectivity index (χ2v) is 3.19. The highest BCUT2D eigenvalue weighted by atomic mass is 32.2. The van der Waals surface area contributed by atoms with Gasteiger partial charge in [0.1, 0.15) is 0 Å². The molecule has 1 fully saturated rings. The maximum Gasteiger partial charge on any atom is 0.0477 e. The molecule has 1 aliphatic rings. The third-order valence-corrected chi connectivity index (χ3v) is 2.40. The third kappa shape index (κ3) is 1.66. The smallest absolute Gasteiger partial charge is 0.0477 e. The van der Waals surface area contributed by atoms with Crippen LogP contribution in [0.1, 0.15) is 32.1 Å². The summed E-state index contributed by atoms with van der Waals surface area (Å²) in [5.74, 6) is 0. The first kappa shape index (κ1) is 6.40. The van der Waals surface area contributed by atoms with Crippen LogP contribution in [0, 0.1) is 0 Å². The summed E-state index contributed by atoms with van der Waals surface area (Å²) in [7, 11) is 0. The SMILES string of the molecule is FSC1CCCCC1. The summed E-state index contributed by atoms with van der Waals surface area (Å²) in [4.78, 5) is 0. The summed E-state index contributed by atoms with van der Waals surface area (Å²) in [6, 6.07) is 0. The van der Waals surface area contributed by atoms with E-state index in [-0.39, 0.29) is 0 Å². The molecule has 0 nitrogen and oxygen atoms in total. The van der Waals surface area contributed by atoms with Gasteiger partial charge in [0.2, 0.25) is 0 Å². The molecular weight excluding hydrogens is 123 g/mol. The van der Waals surface area contributed by atoms with E-state index in [4.69, 9.17) is 0 Å². The van der Waals surface area contributed by atoms with Crippen molar-refractivity contribution in [2.45, 2.75) is 37.4 Å². The molecule has 0 amide bonds. The minimum atomic E-state index is 0.337. The maximum absolute atomic E-state index is 11.8. The molecule has 48 valence electrons. The predicted octanol–water partition coefficient (Wildman–Crippen LogP) is 2.94. The van der Waals surface area contributed by atoms with E-state index in [1.54, 1.807) is 0 Å². The van der Waals surface area contributed by atoms with Crippen molar-refractivity contribution in [3.8, 4) is 0 Å². The molecule has 0 unspecified atom stereocenters. The fourth-order valence-electron chi connectivity index (χ4n) is 1.15. The van der Waals surface area contributed by atoms with Gasteiger partial charge in [0, 0.05) is 17.4 Å². The molecular formula is C6H11FS. The largest absolute Gasteiger partial charge is 0.165 e. The summed E-state index contributed by atoms with van der Waals surface area (Å²) in [6.45, 7) is 0. The van der Waals surface area contributed by atoms with Crippen LogP contribution >= 0.6 is 12.1 Å². The Hall–Kier alpha value is 0.280. The molecule has 0 aromatic rings. The van der Waals surface area contributed by atoms with Crippen molar-refractivity contribution in [2.75, 3.05) is 0 Å². The lowest BCUT2D eigenvalue weighted by Gasteiger charge is -2.15. The van der Waals surface area contributed by atoms with Crippen LogP contribution in [0.5, 0.6) is 0 Å². The molecule has 0 N–H and O–H groups in total. The zero-order valence-electron chi connectivity index (χ0n) is 4.90. The second kappa shape index (κ2) is 3.33. The maximum atomic E-state index is 11.8. The number of rotatable bonds is 1. The van der Waals surface area contributed by atoms with Crippen molar-refractivity contribution in [2.24, 2.45) is 0 Å². The fraction of sp³-hybridized carbons (Fsp3) is 1.00. The molecule has 1 aliphatic carbocycles. The molecule has 0 radical (unpaired) electrons. The van der Waals surface area contributed by atoms with E-state index >= 15 is 0 Å². The zero-order valence-corrected chi connectivity index (χ0v) is 5.72. The Kier molecular flexibility index (Phi) is 2.67. The van der Waals surface area contributed by atoms with Gasteiger partial charge in [-0.2, -0.15) is 3.89 Å². The number of hydrogen-bond acceptors (Lipinski definition) is 1. The van der Waals surface area contributed by atoms with E-state index < -0.39 is 0 Å². The van der Waals surface area contributed by atoms with Crippen LogP contribution < -0.4 is 0 Å². The molecule has 1 rings (SSSR count). The van der Waals surface area contributed by atoms with E-state index in [1.165, 1.54) is 19.3 Å². The molecule has 0 heterocycles. The fourth-order valence-corrected chi connectivity index (χ4v) is 1.67. The highest BCUT2D eigenvalue weighted by Gasteiger charge is 2.12. The number of halogens is 1. The van der Waals surface area contributed by atoms with Crippen LogP contribution in [0.4, 0.5) is 3.89 Å². The van der Waals surface area contributed by atoms with E-state index in [0.29, 0.717) is 17.4 Å². The monoisotopic (exact) mass is 134 g/mol. The van der Waals surface area contributed by atoms with E-state index in [1.807, 2.05) is 0 Å². The molecule has 0 atom stereocenters. The normalized spacial score (nSPS) is 23.6. The van der Waals surface area contributed by atoms with Gasteiger partial charge < -0.3 is 0 Å². The summed E-state index contributed by atoms with van der Waals surface area (Å²) in [5.41, 5.74) is 0. The molecule has 0 aromatic carbocycles. The summed E-state index contributed by atoms with van der Waals surface area (Å²) < 4.78 is 11.8. The van der Waals surface area contributed by atoms with Crippen molar-refractivity contribution in [1.29, 1.82) is 0 Å². The van der Waals surface area contributed by atoms with Gasteiger partial charge in [-0.3, -0.25) is 0 Å². The summed E-state index contributed by atoms with van der Waals surface area (Å²) >= 11 is 0.546. The van der Waals surface area contributed by atoms with Crippen molar-refractivity contribution in [3.63, 3.8) is 0 Å². The van der Waals surface area contributed by atoms with E-state index in [2.05, 4.69) is 0 Å². The molecule has 1 saturated carbocycles. The molecule has 0 saturated heterocycles. The van der Waals surface area contributed by atoms with Crippen molar-refractivity contribution >= 4 is 12.1 Å². The van der Waals surface area contributed by atoms with Gasteiger partial charge in [-0.1, -0.05) is 19.3 Å². The minimum Gasteiger partial charge on any atom is -0.165 e. The van der Waals surface area contributed by atoms with Gasteiger partial charge in [0.05, 0.1) is 0 Å². The first-order chi connectivity index (χ1) is 3.93. The molecule has 8 heavy (non-hydrogen) atoms. The van der Waals surface area contributed by atoms with Crippen LogP contribution in [0.25, 0.3) is 0 Å². The zero-order chi connectivity index (χ0) is 5.82. The Balaban J connectivity index is 2.13. The average molecular weight is 134 g/mol. The Bertz CT molecular complexity index is 59.5. The first-order valence-electron chi connectivity index (χ1n) is 3.21. The Morgan fingerprint density at radius 3 is 2.12 bits per heavy atom. The van der Waals surface area contributed by atoms with Gasteiger partial charge in [-0.15, -0.1) is 0 Å². The second-order valence-electron chi connectivity index (χ2n) is 2.35. The quantitative estimate of drug-likeness (QED) is 0.531. The third-order valence-electron chi connectivity index (χ3n) is 1.68. The standard InChI is InChI=1S/C6H11FS/c7-8-6-4-2-1-3-5-6/h6H,1-5H2. The minimum absolute atomic E-state index is 0.337. The van der Waals surface area contributed by atoms with Crippen LogP contribution in [0.15, 0.2) is 0 Å². The van der Waals surface area contributed by atoms with Gasteiger partial charge in [0.15, 0.2) is 0 Å². The average Bonchev–Trinajstić information content (AvgIpc) is 1.90. The number of hydrogen-bond donors (Lipinski definition) is 0. The topological polar surface area (TPSA) is 0 Å². The molecule has 0 aliphatic heterocycles. The van der Waals surface area contributed by atoms with Crippen LogP contribution in [0.3, 0.4) is 0 Å². The summed E-state index contributed by atoms with van der Waals surface area (Å²) in [5, 5.41) is 0.337. The van der Waals surface area contributed by atoms with Gasteiger partial charge >= 0.3 is 0 Å². The molecule has 0 spiro atoms. The van der Waals surface area contributed by atoms with Crippen LogP contribution in [-0.2, 0) is 0 Å². The lowest BCUT2D eigenvalue weighted by molar-refractivity contribution is 0.511. The van der Waals surface area contributed by atoms with Crippen LogP contribution in [-0.4, -0.2) is 5.25 Å². The van der Waals surface area contributed by atoms with E-state index in [0.717, 1.165) is 12.8 Å². The van der Waals surface area contributed by atoms with Crippen molar-refractivity contribution in [1.82, 2.24) is 0 Å². The van der Waals surface area contributed by atoms with Gasteiger partial charge in [-0.05, 0) is 12.8 Å². The Morgan fingerprint density at radius 2 is 1.75 bits per heavy atom. The molecule has 0 aromatic heterocycles. The summed E-state index contributed by atoms with van der Waals surface area (Å²) in [6.07, 6.45) is 5.99. The molecule has 2 heteroatoms. The van der Waals surface area contributed by atoms with Crippen molar-refractivity contribution < 1.29 is 3.89 Å². The Morgan fingerprint density at radius 1 is 1.12 bits per heavy atom. The first-order valence-corrected chi connectivity index (χ1v) is 3.99. The van der Waals surface area contributed by atoms with Crippen LogP contribution in [0.2, 0.25) is 0 Å². The Labute approximate surface area is 54.1 Å². The van der Waals surface area contributed by atoms with Gasteiger partial charge in [-0.25, -0.2) is 0 Å². The lowest BCUT2D eigenvalue weighted by Crippen LogP contribution is -2.05. The highest BCUT2D eigenvalue weighted by Crippen LogP contribution is 2.28.